The van der Waals surface area contributed by atoms with E-state index in [1.54, 1.807) is 24.3 Å². The first kappa shape index (κ1) is 22.6. The number of hydrogen-bond donors (Lipinski definition) is 1. The van der Waals surface area contributed by atoms with Crippen molar-refractivity contribution in [1.29, 1.82) is 0 Å². The van der Waals surface area contributed by atoms with Gasteiger partial charge < -0.3 is 9.84 Å². The Morgan fingerprint density at radius 1 is 0.657 bits per heavy atom. The van der Waals surface area contributed by atoms with Crippen LogP contribution in [0.1, 0.15) is 43.5 Å². The SMILES string of the molecule is O=C1c2ccccc2C(=O)N1CC(O)Cc1ccc(OC(c2ccccc2)c2ccccc2)cc1. The summed E-state index contributed by atoms with van der Waals surface area (Å²) >= 11 is 0. The van der Waals surface area contributed by atoms with Crippen LogP contribution in [0.15, 0.2) is 109 Å². The fourth-order valence-corrected chi connectivity index (χ4v) is 4.38. The molecular weight excluding hydrogens is 438 g/mol. The number of amides is 2. The maximum absolute atomic E-state index is 12.6. The number of aliphatic hydroxyl groups is 1. The molecule has 1 atom stereocenters. The molecule has 1 heterocycles. The molecule has 35 heavy (non-hydrogen) atoms. The van der Waals surface area contributed by atoms with E-state index in [4.69, 9.17) is 4.74 Å². The lowest BCUT2D eigenvalue weighted by Crippen LogP contribution is -2.37. The second kappa shape index (κ2) is 9.95. The maximum Gasteiger partial charge on any atom is 0.261 e. The Hall–Kier alpha value is -4.22. The molecular formula is C30H25NO4. The quantitative estimate of drug-likeness (QED) is 0.371. The van der Waals surface area contributed by atoms with Crippen LogP contribution < -0.4 is 4.74 Å². The van der Waals surface area contributed by atoms with E-state index in [1.807, 2.05) is 84.9 Å². The number of carbonyl (C=O) groups excluding carboxylic acids is 2. The van der Waals surface area contributed by atoms with Crippen LogP contribution in [-0.4, -0.2) is 34.5 Å². The van der Waals surface area contributed by atoms with Gasteiger partial charge in [0, 0.05) is 6.42 Å². The molecule has 174 valence electrons. The van der Waals surface area contributed by atoms with E-state index in [2.05, 4.69) is 0 Å². The van der Waals surface area contributed by atoms with Gasteiger partial charge in [0.1, 0.15) is 11.9 Å². The summed E-state index contributed by atoms with van der Waals surface area (Å²) in [5.41, 5.74) is 3.77. The van der Waals surface area contributed by atoms with Gasteiger partial charge in [-0.3, -0.25) is 14.5 Å². The number of carbonyl (C=O) groups is 2. The first-order valence-electron chi connectivity index (χ1n) is 11.6. The number of nitrogens with zero attached hydrogens (tertiary/aromatic N) is 1. The molecule has 4 aromatic rings. The van der Waals surface area contributed by atoms with E-state index >= 15 is 0 Å². The number of benzene rings is 4. The standard InChI is InChI=1S/C30H25NO4/c32-24(20-31-29(33)26-13-7-8-14-27(26)30(31)34)19-21-15-17-25(18-16-21)35-28(22-9-3-1-4-10-22)23-11-5-2-6-12-23/h1-18,24,28,32H,19-20H2. The topological polar surface area (TPSA) is 66.8 Å². The van der Waals surface area contributed by atoms with E-state index in [1.165, 1.54) is 0 Å². The average Bonchev–Trinajstić information content (AvgIpc) is 3.14. The second-order valence-electron chi connectivity index (χ2n) is 8.59. The van der Waals surface area contributed by atoms with Crippen LogP contribution in [0.25, 0.3) is 0 Å². The molecule has 5 rings (SSSR count). The van der Waals surface area contributed by atoms with Gasteiger partial charge in [-0.25, -0.2) is 0 Å². The van der Waals surface area contributed by atoms with Crippen molar-refractivity contribution in [2.75, 3.05) is 6.54 Å². The van der Waals surface area contributed by atoms with Crippen LogP contribution in [0.2, 0.25) is 0 Å². The van der Waals surface area contributed by atoms with Gasteiger partial charge in [-0.2, -0.15) is 0 Å². The predicted molar refractivity (Wildman–Crippen MR) is 133 cm³/mol. The molecule has 1 aliphatic heterocycles. The van der Waals surface area contributed by atoms with Crippen molar-refractivity contribution in [3.63, 3.8) is 0 Å². The summed E-state index contributed by atoms with van der Waals surface area (Å²) in [7, 11) is 0. The van der Waals surface area contributed by atoms with Crippen LogP contribution in [0.3, 0.4) is 0 Å². The van der Waals surface area contributed by atoms with E-state index in [0.29, 0.717) is 23.3 Å². The van der Waals surface area contributed by atoms with Crippen LogP contribution in [0.4, 0.5) is 0 Å². The normalized spacial score (nSPS) is 13.7. The summed E-state index contributed by atoms with van der Waals surface area (Å²) in [6.07, 6.45) is -0.804. The minimum absolute atomic E-state index is 0.0469. The molecule has 0 aliphatic carbocycles. The summed E-state index contributed by atoms with van der Waals surface area (Å²) in [6, 6.07) is 34.4. The third-order valence-electron chi connectivity index (χ3n) is 6.12. The number of β-amino-alcohol motifs (C(OH)–C–C–N with tert-alkyl or cyclic N) is 1. The van der Waals surface area contributed by atoms with Gasteiger partial charge in [0.25, 0.3) is 11.8 Å². The lowest BCUT2D eigenvalue weighted by molar-refractivity contribution is 0.0544. The number of imide groups is 1. The van der Waals surface area contributed by atoms with Gasteiger partial charge in [-0.15, -0.1) is 0 Å². The number of rotatable bonds is 8. The Kier molecular flexibility index (Phi) is 6.42. The van der Waals surface area contributed by atoms with Crippen LogP contribution in [-0.2, 0) is 6.42 Å². The lowest BCUT2D eigenvalue weighted by Gasteiger charge is -2.21. The summed E-state index contributed by atoms with van der Waals surface area (Å²) < 4.78 is 6.36. The molecule has 2 amide bonds. The molecule has 0 saturated carbocycles. The molecule has 1 N–H and O–H groups in total. The zero-order chi connectivity index (χ0) is 24.2. The van der Waals surface area contributed by atoms with Gasteiger partial charge in [0.15, 0.2) is 0 Å². The highest BCUT2D eigenvalue weighted by atomic mass is 16.5. The van der Waals surface area contributed by atoms with Gasteiger partial charge in [0.05, 0.1) is 23.8 Å². The Balaban J connectivity index is 1.25. The molecule has 0 fully saturated rings. The fourth-order valence-electron chi connectivity index (χ4n) is 4.38. The van der Waals surface area contributed by atoms with Crippen LogP contribution in [0, 0.1) is 0 Å². The third-order valence-corrected chi connectivity index (χ3v) is 6.12. The van der Waals surface area contributed by atoms with Gasteiger partial charge in [0.2, 0.25) is 0 Å². The largest absolute Gasteiger partial charge is 0.481 e. The van der Waals surface area contributed by atoms with Crippen LogP contribution in [0.5, 0.6) is 5.75 Å². The Labute approximate surface area is 204 Å². The molecule has 0 radical (unpaired) electrons. The number of fused-ring (bicyclic) bond motifs is 1. The van der Waals surface area contributed by atoms with E-state index in [9.17, 15) is 14.7 Å². The minimum atomic E-state index is -0.870. The van der Waals surface area contributed by atoms with Crippen molar-refractivity contribution in [1.82, 2.24) is 4.90 Å². The maximum atomic E-state index is 12.6. The summed E-state index contributed by atoms with van der Waals surface area (Å²) in [4.78, 5) is 26.2. The first-order valence-corrected chi connectivity index (χ1v) is 11.6. The summed E-state index contributed by atoms with van der Waals surface area (Å²) in [5.74, 6) is -0.0104. The number of hydrogen-bond acceptors (Lipinski definition) is 4. The predicted octanol–water partition coefficient (Wildman–Crippen LogP) is 5.05. The smallest absolute Gasteiger partial charge is 0.261 e. The molecule has 1 aliphatic rings. The Morgan fingerprint density at radius 3 is 1.66 bits per heavy atom. The summed E-state index contributed by atoms with van der Waals surface area (Å²) in [5, 5.41) is 10.6. The van der Waals surface area contributed by atoms with Crippen molar-refractivity contribution < 1.29 is 19.4 Å². The third kappa shape index (κ3) is 4.86. The van der Waals surface area contributed by atoms with Crippen molar-refractivity contribution in [3.05, 3.63) is 137 Å². The Morgan fingerprint density at radius 2 is 1.14 bits per heavy atom. The number of ether oxygens (including phenoxy) is 1. The molecule has 1 unspecified atom stereocenters. The molecule has 4 aromatic carbocycles. The lowest BCUT2D eigenvalue weighted by atomic mass is 10.0. The van der Waals surface area contributed by atoms with E-state index < -0.39 is 6.10 Å². The van der Waals surface area contributed by atoms with E-state index in [-0.39, 0.29) is 24.5 Å². The van der Waals surface area contributed by atoms with Crippen molar-refractivity contribution >= 4 is 11.8 Å². The Bertz CT molecular complexity index is 1250. The highest BCUT2D eigenvalue weighted by Gasteiger charge is 2.36. The van der Waals surface area contributed by atoms with Gasteiger partial charge in [-0.1, -0.05) is 84.9 Å². The molecule has 0 spiro atoms. The second-order valence-corrected chi connectivity index (χ2v) is 8.59. The van der Waals surface area contributed by atoms with Crippen molar-refractivity contribution in [2.24, 2.45) is 0 Å². The molecule has 5 nitrogen and oxygen atoms in total. The van der Waals surface area contributed by atoms with Crippen molar-refractivity contribution in [3.8, 4) is 5.75 Å². The minimum Gasteiger partial charge on any atom is -0.481 e. The average molecular weight is 464 g/mol. The van der Waals surface area contributed by atoms with Gasteiger partial charge >= 0.3 is 0 Å². The zero-order valence-electron chi connectivity index (χ0n) is 19.1. The highest BCUT2D eigenvalue weighted by molar-refractivity contribution is 6.21. The van der Waals surface area contributed by atoms with E-state index in [0.717, 1.165) is 21.6 Å². The first-order chi connectivity index (χ1) is 17.1. The highest BCUT2D eigenvalue weighted by Crippen LogP contribution is 2.29. The molecule has 0 bridgehead atoms. The monoisotopic (exact) mass is 463 g/mol. The molecule has 0 aromatic heterocycles. The fraction of sp³-hybridized carbons (Fsp3) is 0.133. The van der Waals surface area contributed by atoms with Gasteiger partial charge in [-0.05, 0) is 41.0 Å². The van der Waals surface area contributed by atoms with Crippen LogP contribution >= 0.6 is 0 Å². The van der Waals surface area contributed by atoms with Crippen molar-refractivity contribution in [2.45, 2.75) is 18.6 Å². The molecule has 0 saturated heterocycles. The summed E-state index contributed by atoms with van der Waals surface area (Å²) in [6.45, 7) is -0.0469. The number of aliphatic hydroxyl groups excluding tert-OH is 1. The molecule has 5 heteroatoms. The zero-order valence-corrected chi connectivity index (χ0v) is 19.1.